The molecule has 11 heteroatoms. The predicted molar refractivity (Wildman–Crippen MR) is 62.4 cm³/mol. The predicted octanol–water partition coefficient (Wildman–Crippen LogP) is 3.15. The highest BCUT2D eigenvalue weighted by atomic mass is 32.2. The number of aryl methyl sites for hydroxylation is 1. The Morgan fingerprint density at radius 2 is 1.50 bits per heavy atom. The summed E-state index contributed by atoms with van der Waals surface area (Å²) in [5, 5.41) is 0. The summed E-state index contributed by atoms with van der Waals surface area (Å²) in [4.78, 5) is -0.875. The minimum absolute atomic E-state index is 0.154. The third kappa shape index (κ3) is 3.46. The zero-order chi connectivity index (χ0) is 17.3. The summed E-state index contributed by atoms with van der Waals surface area (Å²) in [6.45, 7) is 1.14. The van der Waals surface area contributed by atoms with Crippen LogP contribution < -0.4 is 4.74 Å². The Labute approximate surface area is 121 Å². The molecule has 0 saturated heterocycles. The van der Waals surface area contributed by atoms with Gasteiger partial charge in [-0.3, -0.25) is 4.55 Å². The third-order valence-electron chi connectivity index (χ3n) is 2.77. The molecule has 4 nitrogen and oxygen atoms in total. The molecule has 22 heavy (non-hydrogen) atoms. The van der Waals surface area contributed by atoms with Crippen LogP contribution in [-0.2, 0) is 10.1 Å². The molecule has 0 fully saturated rings. The fourth-order valence-electron chi connectivity index (χ4n) is 1.46. The Hall–Kier alpha value is -1.49. The van der Waals surface area contributed by atoms with Gasteiger partial charge in [0.1, 0.15) is 5.75 Å². The number of ether oxygens (including phenoxy) is 1. The Bertz CT molecular complexity index is 610. The second-order valence-electron chi connectivity index (χ2n) is 4.26. The fraction of sp³-hybridized carbons (Fsp3) is 0.455. The van der Waals surface area contributed by atoms with Crippen molar-refractivity contribution in [2.24, 2.45) is 0 Å². The van der Waals surface area contributed by atoms with Gasteiger partial charge in [-0.15, -0.1) is 0 Å². The average molecular weight is 352 g/mol. The van der Waals surface area contributed by atoms with Crippen molar-refractivity contribution in [3.05, 3.63) is 23.8 Å². The molecule has 0 atom stereocenters. The first-order valence-corrected chi connectivity index (χ1v) is 6.98. The van der Waals surface area contributed by atoms with E-state index in [-0.39, 0.29) is 5.56 Å². The molecule has 0 unspecified atom stereocenters. The fourth-order valence-corrected chi connectivity index (χ4v) is 1.96. The lowest BCUT2D eigenvalue weighted by molar-refractivity contribution is -0.221. The maximum Gasteiger partial charge on any atom is 0.294 e. The standard InChI is InChI=1S/C11H10F6O4S/c1-5-2-3-6(22(18,19)20)4-7(5)21-11(8(12)13,9(14)15)10(16)17/h2-4,8-10H,1H3,(H,18,19,20). The second kappa shape index (κ2) is 6.32. The van der Waals surface area contributed by atoms with E-state index < -0.39 is 45.6 Å². The number of benzene rings is 1. The van der Waals surface area contributed by atoms with Crippen LogP contribution in [0.5, 0.6) is 5.75 Å². The maximum atomic E-state index is 12.8. The summed E-state index contributed by atoms with van der Waals surface area (Å²) < 4.78 is 111. The van der Waals surface area contributed by atoms with Crippen molar-refractivity contribution >= 4 is 10.1 Å². The molecule has 0 spiro atoms. The van der Waals surface area contributed by atoms with Gasteiger partial charge in [0.05, 0.1) is 4.90 Å². The molecule has 1 aromatic rings. The SMILES string of the molecule is Cc1ccc(S(=O)(=O)O)cc1OC(C(F)F)(C(F)F)C(F)F. The Morgan fingerprint density at radius 3 is 1.86 bits per heavy atom. The Balaban J connectivity index is 3.42. The molecule has 1 N–H and O–H groups in total. The van der Waals surface area contributed by atoms with E-state index in [0.717, 1.165) is 19.1 Å². The molecule has 0 heterocycles. The van der Waals surface area contributed by atoms with Crippen molar-refractivity contribution in [2.45, 2.75) is 36.7 Å². The van der Waals surface area contributed by atoms with Crippen LogP contribution in [0, 0.1) is 6.92 Å². The van der Waals surface area contributed by atoms with Gasteiger partial charge in [0, 0.05) is 6.07 Å². The van der Waals surface area contributed by atoms with Crippen molar-refractivity contribution in [3.63, 3.8) is 0 Å². The maximum absolute atomic E-state index is 12.8. The van der Waals surface area contributed by atoms with E-state index >= 15 is 0 Å². The topological polar surface area (TPSA) is 63.6 Å². The normalized spacial score (nSPS) is 13.2. The summed E-state index contributed by atoms with van der Waals surface area (Å²) in [7, 11) is -4.80. The average Bonchev–Trinajstić information content (AvgIpc) is 2.34. The quantitative estimate of drug-likeness (QED) is 0.631. The lowest BCUT2D eigenvalue weighted by Crippen LogP contribution is -2.56. The summed E-state index contributed by atoms with van der Waals surface area (Å²) >= 11 is 0. The molecule has 0 bridgehead atoms. The molecule has 0 saturated carbocycles. The van der Waals surface area contributed by atoms with Crippen LogP contribution in [-0.4, -0.2) is 37.8 Å². The van der Waals surface area contributed by atoms with Crippen molar-refractivity contribution in [2.75, 3.05) is 0 Å². The second-order valence-corrected chi connectivity index (χ2v) is 5.68. The first-order chi connectivity index (χ1) is 9.92. The van der Waals surface area contributed by atoms with E-state index in [4.69, 9.17) is 4.55 Å². The van der Waals surface area contributed by atoms with Gasteiger partial charge in [-0.05, 0) is 18.6 Å². The van der Waals surface area contributed by atoms with E-state index in [0.29, 0.717) is 6.07 Å². The van der Waals surface area contributed by atoms with Crippen molar-refractivity contribution in [1.82, 2.24) is 0 Å². The Kier molecular flexibility index (Phi) is 5.34. The summed E-state index contributed by atoms with van der Waals surface area (Å²) in [5.41, 5.74) is -4.57. The van der Waals surface area contributed by atoms with E-state index in [1.807, 2.05) is 0 Å². The number of rotatable bonds is 6. The van der Waals surface area contributed by atoms with E-state index in [1.165, 1.54) is 0 Å². The van der Waals surface area contributed by atoms with Crippen LogP contribution in [0.3, 0.4) is 0 Å². The van der Waals surface area contributed by atoms with Crippen LogP contribution in [0.2, 0.25) is 0 Å². The van der Waals surface area contributed by atoms with Gasteiger partial charge in [0.2, 0.25) is 0 Å². The van der Waals surface area contributed by atoms with Gasteiger partial charge in [-0.2, -0.15) is 8.42 Å². The Morgan fingerprint density at radius 1 is 1.05 bits per heavy atom. The van der Waals surface area contributed by atoms with Gasteiger partial charge in [-0.1, -0.05) is 6.07 Å². The third-order valence-corrected chi connectivity index (χ3v) is 3.62. The van der Waals surface area contributed by atoms with Gasteiger partial charge in [-0.25, -0.2) is 26.3 Å². The molecule has 0 aliphatic heterocycles. The van der Waals surface area contributed by atoms with Gasteiger partial charge >= 0.3 is 0 Å². The summed E-state index contributed by atoms with van der Waals surface area (Å²) in [6, 6.07) is 2.16. The monoisotopic (exact) mass is 352 g/mol. The smallest absolute Gasteiger partial charge is 0.294 e. The lowest BCUT2D eigenvalue weighted by Gasteiger charge is -2.32. The summed E-state index contributed by atoms with van der Waals surface area (Å²) in [5.74, 6) is -0.934. The number of hydrogen-bond donors (Lipinski definition) is 1. The molecule has 1 aromatic carbocycles. The summed E-state index contributed by atoms with van der Waals surface area (Å²) in [6.07, 6.45) is -12.7. The number of alkyl halides is 6. The lowest BCUT2D eigenvalue weighted by atomic mass is 10.1. The van der Waals surface area contributed by atoms with E-state index in [9.17, 15) is 34.8 Å². The molecule has 126 valence electrons. The largest absolute Gasteiger partial charge is 0.469 e. The molecule has 0 radical (unpaired) electrons. The van der Waals surface area contributed by atoms with Crippen LogP contribution in [0.15, 0.2) is 23.1 Å². The van der Waals surface area contributed by atoms with Crippen molar-refractivity contribution < 1.29 is 44.0 Å². The minimum Gasteiger partial charge on any atom is -0.469 e. The molecule has 0 aromatic heterocycles. The first-order valence-electron chi connectivity index (χ1n) is 5.54. The molecular weight excluding hydrogens is 342 g/mol. The molecular formula is C11H10F6O4S. The van der Waals surface area contributed by atoms with E-state index in [1.54, 1.807) is 0 Å². The molecule has 0 amide bonds. The van der Waals surface area contributed by atoms with Crippen molar-refractivity contribution in [3.8, 4) is 5.75 Å². The molecule has 0 aliphatic carbocycles. The number of hydrogen-bond acceptors (Lipinski definition) is 3. The first kappa shape index (κ1) is 18.6. The highest BCUT2D eigenvalue weighted by Crippen LogP contribution is 2.37. The van der Waals surface area contributed by atoms with Gasteiger partial charge in [0.25, 0.3) is 35.0 Å². The zero-order valence-corrected chi connectivity index (χ0v) is 11.6. The molecule has 1 rings (SSSR count). The number of halogens is 6. The minimum atomic E-state index is -4.80. The highest BCUT2D eigenvalue weighted by molar-refractivity contribution is 7.85. The van der Waals surface area contributed by atoms with Gasteiger partial charge in [0.15, 0.2) is 0 Å². The van der Waals surface area contributed by atoms with Crippen LogP contribution >= 0.6 is 0 Å². The van der Waals surface area contributed by atoms with Crippen LogP contribution in [0.25, 0.3) is 0 Å². The van der Waals surface area contributed by atoms with Crippen LogP contribution in [0.1, 0.15) is 5.56 Å². The highest BCUT2D eigenvalue weighted by Gasteiger charge is 2.59. The zero-order valence-electron chi connectivity index (χ0n) is 10.8. The molecule has 0 aliphatic rings. The van der Waals surface area contributed by atoms with E-state index in [2.05, 4.69) is 4.74 Å². The van der Waals surface area contributed by atoms with Crippen molar-refractivity contribution in [1.29, 1.82) is 0 Å². The van der Waals surface area contributed by atoms with Gasteiger partial charge < -0.3 is 4.74 Å². The van der Waals surface area contributed by atoms with Crippen LogP contribution in [0.4, 0.5) is 26.3 Å².